The van der Waals surface area contributed by atoms with E-state index in [0.717, 1.165) is 30.2 Å². The standard InChI is InChI=1S/C15H17N3O/c1-14(6-7-14)12-17-13(19-18-12)15(8-9-15)10-2-4-11(16)5-3-10/h2-5H,6-9,16H2,1H3. The van der Waals surface area contributed by atoms with E-state index in [1.54, 1.807) is 0 Å². The van der Waals surface area contributed by atoms with Gasteiger partial charge in [0.25, 0.3) is 0 Å². The molecule has 0 radical (unpaired) electrons. The van der Waals surface area contributed by atoms with E-state index >= 15 is 0 Å². The van der Waals surface area contributed by atoms with E-state index in [2.05, 4.69) is 29.2 Å². The molecule has 19 heavy (non-hydrogen) atoms. The molecule has 2 aromatic rings. The van der Waals surface area contributed by atoms with Gasteiger partial charge in [-0.2, -0.15) is 4.98 Å². The summed E-state index contributed by atoms with van der Waals surface area (Å²) in [5.41, 5.74) is 7.88. The van der Waals surface area contributed by atoms with Crippen LogP contribution < -0.4 is 5.73 Å². The molecule has 2 saturated carbocycles. The number of rotatable bonds is 3. The number of benzene rings is 1. The summed E-state index contributed by atoms with van der Waals surface area (Å²) in [7, 11) is 0. The molecule has 0 aliphatic heterocycles. The second kappa shape index (κ2) is 3.38. The number of aromatic nitrogens is 2. The molecule has 0 saturated heterocycles. The number of nitrogen functional groups attached to an aromatic ring is 1. The van der Waals surface area contributed by atoms with Crippen molar-refractivity contribution >= 4 is 5.69 Å². The predicted molar refractivity (Wildman–Crippen MR) is 71.8 cm³/mol. The molecule has 98 valence electrons. The first-order chi connectivity index (χ1) is 9.12. The summed E-state index contributed by atoms with van der Waals surface area (Å²) >= 11 is 0. The third-order valence-electron chi connectivity index (χ3n) is 4.59. The molecule has 0 spiro atoms. The lowest BCUT2D eigenvalue weighted by Crippen LogP contribution is -2.10. The molecule has 1 heterocycles. The van der Waals surface area contributed by atoms with Crippen LogP contribution in [0.3, 0.4) is 0 Å². The Labute approximate surface area is 112 Å². The molecule has 4 rings (SSSR count). The van der Waals surface area contributed by atoms with Gasteiger partial charge in [-0.25, -0.2) is 0 Å². The Morgan fingerprint density at radius 1 is 1.11 bits per heavy atom. The molecule has 2 N–H and O–H groups in total. The molecule has 4 heteroatoms. The van der Waals surface area contributed by atoms with Crippen LogP contribution in [0.5, 0.6) is 0 Å². The zero-order valence-electron chi connectivity index (χ0n) is 11.0. The first-order valence-corrected chi connectivity index (χ1v) is 6.83. The van der Waals surface area contributed by atoms with Crippen LogP contribution in [-0.4, -0.2) is 10.1 Å². The molecule has 2 aliphatic rings. The van der Waals surface area contributed by atoms with E-state index in [1.807, 2.05) is 12.1 Å². The zero-order valence-corrected chi connectivity index (χ0v) is 11.0. The van der Waals surface area contributed by atoms with Crippen molar-refractivity contribution in [2.24, 2.45) is 0 Å². The van der Waals surface area contributed by atoms with Gasteiger partial charge in [0, 0.05) is 11.1 Å². The fourth-order valence-corrected chi connectivity index (χ4v) is 2.63. The monoisotopic (exact) mass is 255 g/mol. The van der Waals surface area contributed by atoms with Gasteiger partial charge >= 0.3 is 0 Å². The Morgan fingerprint density at radius 3 is 2.37 bits per heavy atom. The largest absolute Gasteiger partial charge is 0.399 e. The summed E-state index contributed by atoms with van der Waals surface area (Å²) < 4.78 is 5.55. The van der Waals surface area contributed by atoms with Crippen LogP contribution in [-0.2, 0) is 10.8 Å². The Bertz CT molecular complexity index is 621. The molecule has 4 nitrogen and oxygen atoms in total. The van der Waals surface area contributed by atoms with Crippen LogP contribution in [0.25, 0.3) is 0 Å². The van der Waals surface area contributed by atoms with Crippen LogP contribution in [0.15, 0.2) is 28.8 Å². The fraction of sp³-hybridized carbons (Fsp3) is 0.467. The van der Waals surface area contributed by atoms with Crippen LogP contribution in [0.1, 0.15) is 49.9 Å². The van der Waals surface area contributed by atoms with Gasteiger partial charge in [0.1, 0.15) is 0 Å². The van der Waals surface area contributed by atoms with Gasteiger partial charge in [-0.1, -0.05) is 24.2 Å². The highest BCUT2D eigenvalue weighted by Crippen LogP contribution is 2.54. The lowest BCUT2D eigenvalue weighted by Gasteiger charge is -2.10. The fourth-order valence-electron chi connectivity index (χ4n) is 2.63. The second-order valence-electron chi connectivity index (χ2n) is 6.19. The molecule has 2 fully saturated rings. The van der Waals surface area contributed by atoms with Gasteiger partial charge in [0.2, 0.25) is 5.89 Å². The summed E-state index contributed by atoms with van der Waals surface area (Å²) in [4.78, 5) is 4.67. The third-order valence-corrected chi connectivity index (χ3v) is 4.59. The van der Waals surface area contributed by atoms with Crippen molar-refractivity contribution in [3.63, 3.8) is 0 Å². The van der Waals surface area contributed by atoms with Crippen LogP contribution >= 0.6 is 0 Å². The minimum atomic E-state index is -0.0514. The van der Waals surface area contributed by atoms with Gasteiger partial charge in [-0.3, -0.25) is 0 Å². The highest BCUT2D eigenvalue weighted by atomic mass is 16.5. The number of nitrogens with two attached hydrogens (primary N) is 1. The topological polar surface area (TPSA) is 64.9 Å². The van der Waals surface area contributed by atoms with E-state index in [1.165, 1.54) is 18.4 Å². The van der Waals surface area contributed by atoms with Crippen LogP contribution in [0, 0.1) is 0 Å². The smallest absolute Gasteiger partial charge is 0.237 e. The third kappa shape index (κ3) is 1.59. The first kappa shape index (κ1) is 11.0. The molecule has 0 bridgehead atoms. The summed E-state index contributed by atoms with van der Waals surface area (Å²) in [6.07, 6.45) is 4.49. The number of hydrogen-bond donors (Lipinski definition) is 1. The van der Waals surface area contributed by atoms with E-state index in [-0.39, 0.29) is 10.8 Å². The normalized spacial score (nSPS) is 22.2. The average Bonchev–Trinajstić information content (AvgIpc) is 3.32. The lowest BCUT2D eigenvalue weighted by atomic mass is 9.95. The summed E-state index contributed by atoms with van der Waals surface area (Å²) in [5.74, 6) is 1.66. The van der Waals surface area contributed by atoms with Crippen molar-refractivity contribution in [1.29, 1.82) is 0 Å². The van der Waals surface area contributed by atoms with Crippen molar-refractivity contribution in [1.82, 2.24) is 10.1 Å². The maximum atomic E-state index is 5.75. The van der Waals surface area contributed by atoms with Gasteiger partial charge in [-0.05, 0) is 43.4 Å². The van der Waals surface area contributed by atoms with Crippen molar-refractivity contribution in [3.8, 4) is 0 Å². The van der Waals surface area contributed by atoms with Gasteiger partial charge in [-0.15, -0.1) is 0 Å². The van der Waals surface area contributed by atoms with Crippen LogP contribution in [0.4, 0.5) is 5.69 Å². The average molecular weight is 255 g/mol. The SMILES string of the molecule is CC1(c2noc(C3(c4ccc(N)cc4)CC3)n2)CC1. The van der Waals surface area contributed by atoms with Gasteiger partial charge < -0.3 is 10.3 Å². The predicted octanol–water partition coefficient (Wildman–Crippen LogP) is 2.78. The van der Waals surface area contributed by atoms with Gasteiger partial charge in [0.15, 0.2) is 5.82 Å². The van der Waals surface area contributed by atoms with E-state index in [9.17, 15) is 0 Å². The van der Waals surface area contributed by atoms with Crippen molar-refractivity contribution in [3.05, 3.63) is 41.5 Å². The summed E-state index contributed by atoms with van der Waals surface area (Å²) in [5, 5.41) is 4.19. The summed E-state index contributed by atoms with van der Waals surface area (Å²) in [6.45, 7) is 2.20. The maximum Gasteiger partial charge on any atom is 0.237 e. The molecule has 1 aromatic carbocycles. The Hall–Kier alpha value is -1.84. The molecule has 0 amide bonds. The van der Waals surface area contributed by atoms with E-state index in [4.69, 9.17) is 10.3 Å². The van der Waals surface area contributed by atoms with E-state index < -0.39 is 0 Å². The minimum absolute atomic E-state index is 0.0514. The lowest BCUT2D eigenvalue weighted by molar-refractivity contribution is 0.352. The van der Waals surface area contributed by atoms with Crippen LogP contribution in [0.2, 0.25) is 0 Å². The quantitative estimate of drug-likeness (QED) is 0.856. The molecular formula is C15H17N3O. The molecule has 0 unspecified atom stereocenters. The van der Waals surface area contributed by atoms with Crippen molar-refractivity contribution in [2.45, 2.75) is 43.4 Å². The summed E-state index contributed by atoms with van der Waals surface area (Å²) in [6, 6.07) is 8.03. The highest BCUT2D eigenvalue weighted by molar-refractivity contribution is 5.46. The maximum absolute atomic E-state index is 5.75. The Morgan fingerprint density at radius 2 is 1.79 bits per heavy atom. The first-order valence-electron chi connectivity index (χ1n) is 6.83. The number of nitrogens with zero attached hydrogens (tertiary/aromatic N) is 2. The second-order valence-corrected chi connectivity index (χ2v) is 6.19. The highest BCUT2D eigenvalue weighted by Gasteiger charge is 2.52. The van der Waals surface area contributed by atoms with Gasteiger partial charge in [0.05, 0.1) is 5.41 Å². The molecule has 1 aromatic heterocycles. The van der Waals surface area contributed by atoms with Crippen molar-refractivity contribution in [2.75, 3.05) is 5.73 Å². The molecular weight excluding hydrogens is 238 g/mol. The van der Waals surface area contributed by atoms with Crippen molar-refractivity contribution < 1.29 is 4.52 Å². The minimum Gasteiger partial charge on any atom is -0.399 e. The zero-order chi connectivity index (χ0) is 13.1. The molecule has 0 atom stereocenters. The molecule has 2 aliphatic carbocycles. The van der Waals surface area contributed by atoms with E-state index in [0.29, 0.717) is 0 Å². The Balaban J connectivity index is 1.71. The number of anilines is 1. The Kier molecular flexibility index (Phi) is 1.96. The number of hydrogen-bond acceptors (Lipinski definition) is 4.